The van der Waals surface area contributed by atoms with Gasteiger partial charge in [0.1, 0.15) is 16.7 Å². The van der Waals surface area contributed by atoms with Crippen LogP contribution in [0.3, 0.4) is 0 Å². The minimum Gasteiger partial charge on any atom is -0.481 e. The van der Waals surface area contributed by atoms with Crippen LogP contribution in [-0.2, 0) is 4.79 Å². The summed E-state index contributed by atoms with van der Waals surface area (Å²) in [7, 11) is 0. The van der Waals surface area contributed by atoms with E-state index in [2.05, 4.69) is 10.0 Å². The molecule has 5 nitrogen and oxygen atoms in total. The molecule has 0 saturated heterocycles. The minimum atomic E-state index is -0.767. The first kappa shape index (κ1) is 6.89. The van der Waals surface area contributed by atoms with Crippen molar-refractivity contribution >= 4 is 5.97 Å². The maximum Gasteiger partial charge on any atom is 0.306 e. The van der Waals surface area contributed by atoms with E-state index in [1.807, 2.05) is 0 Å². The van der Waals surface area contributed by atoms with E-state index in [0.29, 0.717) is 12.8 Å². The van der Waals surface area contributed by atoms with Gasteiger partial charge in [0.05, 0.1) is 5.92 Å². The fourth-order valence-electron chi connectivity index (χ4n) is 0.965. The fraction of sp³-hybridized carbons (Fsp3) is 0.800. The Bertz CT molecular complexity index is 185. The van der Waals surface area contributed by atoms with Crippen molar-refractivity contribution in [3.63, 3.8) is 0 Å². The van der Waals surface area contributed by atoms with Crippen LogP contribution in [0.2, 0.25) is 0 Å². The number of nitrogens with zero attached hydrogens (tertiary/aromatic N) is 2. The summed E-state index contributed by atoms with van der Waals surface area (Å²) in [6.07, 6.45) is 1.08. The summed E-state index contributed by atoms with van der Waals surface area (Å²) in [5, 5.41) is 11.9. The molecule has 0 heterocycles. The molecule has 1 aliphatic carbocycles. The number of aliphatic carboxylic acids is 1. The van der Waals surface area contributed by atoms with Crippen LogP contribution >= 0.6 is 0 Å². The first-order chi connectivity index (χ1) is 4.74. The largest absolute Gasteiger partial charge is 0.481 e. The number of carboxylic acids is 1. The van der Waals surface area contributed by atoms with Crippen molar-refractivity contribution in [2.24, 2.45) is 11.0 Å². The van der Waals surface area contributed by atoms with Gasteiger partial charge in [-0.1, -0.05) is 0 Å². The Morgan fingerprint density at radius 1 is 1.70 bits per heavy atom. The molecular formula is C5H8N3O2+. The van der Waals surface area contributed by atoms with E-state index in [9.17, 15) is 4.79 Å². The zero-order valence-corrected chi connectivity index (χ0v) is 5.32. The van der Waals surface area contributed by atoms with Gasteiger partial charge in [-0.15, -0.1) is 0 Å². The molecular weight excluding hydrogens is 134 g/mol. The lowest BCUT2D eigenvalue weighted by molar-refractivity contribution is -0.145. The average Bonchev–Trinajstić information content (AvgIpc) is 1.76. The molecule has 0 spiro atoms. The van der Waals surface area contributed by atoms with Gasteiger partial charge in [0.25, 0.3) is 0 Å². The molecule has 10 heavy (non-hydrogen) atoms. The molecule has 54 valence electrons. The van der Waals surface area contributed by atoms with Crippen LogP contribution < -0.4 is 4.91 Å². The number of carbonyl (C=O) groups is 1. The quantitative estimate of drug-likeness (QED) is 0.431. The number of hydrogen-bond donors (Lipinski definition) is 2. The van der Waals surface area contributed by atoms with Gasteiger partial charge in [-0.25, -0.2) is 0 Å². The molecule has 0 unspecified atom stereocenters. The van der Waals surface area contributed by atoms with Crippen LogP contribution in [0.4, 0.5) is 0 Å². The minimum absolute atomic E-state index is 0.0152. The van der Waals surface area contributed by atoms with Crippen LogP contribution in [0, 0.1) is 11.4 Å². The first-order valence-electron chi connectivity index (χ1n) is 3.03. The lowest BCUT2D eigenvalue weighted by Gasteiger charge is -2.23. The third-order valence-corrected chi connectivity index (χ3v) is 1.68. The zero-order valence-electron chi connectivity index (χ0n) is 5.32. The van der Waals surface area contributed by atoms with E-state index in [0.717, 1.165) is 0 Å². The second kappa shape index (κ2) is 2.58. The van der Waals surface area contributed by atoms with Crippen molar-refractivity contribution in [1.82, 2.24) is 4.91 Å². The lowest BCUT2D eigenvalue weighted by atomic mass is 9.81. The highest BCUT2D eigenvalue weighted by molar-refractivity contribution is 5.71. The van der Waals surface area contributed by atoms with Gasteiger partial charge in [0, 0.05) is 0 Å². The molecule has 0 aliphatic heterocycles. The van der Waals surface area contributed by atoms with E-state index in [-0.39, 0.29) is 12.0 Å². The summed E-state index contributed by atoms with van der Waals surface area (Å²) in [6, 6.07) is -0.0152. The van der Waals surface area contributed by atoms with Crippen molar-refractivity contribution in [2.45, 2.75) is 18.9 Å². The molecule has 0 bridgehead atoms. The Kier molecular flexibility index (Phi) is 1.78. The van der Waals surface area contributed by atoms with Crippen LogP contribution in [0.15, 0.2) is 5.11 Å². The molecule has 1 saturated carbocycles. The van der Waals surface area contributed by atoms with E-state index in [1.54, 1.807) is 0 Å². The third kappa shape index (κ3) is 1.19. The van der Waals surface area contributed by atoms with Gasteiger partial charge in [0.2, 0.25) is 4.91 Å². The van der Waals surface area contributed by atoms with Crippen LogP contribution in [0.5, 0.6) is 0 Å². The van der Waals surface area contributed by atoms with Gasteiger partial charge in [-0.05, 0) is 12.8 Å². The predicted octanol–water partition coefficient (Wildman–Crippen LogP) is 0.400. The predicted molar refractivity (Wildman–Crippen MR) is 31.4 cm³/mol. The highest BCUT2D eigenvalue weighted by Crippen LogP contribution is 2.29. The molecule has 2 N–H and O–H groups in total. The second-order valence-electron chi connectivity index (χ2n) is 2.38. The third-order valence-electron chi connectivity index (χ3n) is 1.68. The lowest BCUT2D eigenvalue weighted by Crippen LogP contribution is -2.33. The monoisotopic (exact) mass is 142 g/mol. The summed E-state index contributed by atoms with van der Waals surface area (Å²) >= 11 is 0. The summed E-state index contributed by atoms with van der Waals surface area (Å²) in [5.74, 6) is -1.02. The normalized spacial score (nSPS) is 30.0. The highest BCUT2D eigenvalue weighted by atomic mass is 16.4. The molecule has 1 aliphatic rings. The van der Waals surface area contributed by atoms with Crippen LogP contribution in [0.1, 0.15) is 12.8 Å². The zero-order chi connectivity index (χ0) is 7.56. The first-order valence-corrected chi connectivity index (χ1v) is 3.03. The Labute approximate surface area is 57.3 Å². The standard InChI is InChI=1S/C5H7N3O2/c6-8-7-4-1-3(2-4)5(9)10/h3-4,6H,1-2H2/p+1. The van der Waals surface area contributed by atoms with E-state index >= 15 is 0 Å². The summed E-state index contributed by atoms with van der Waals surface area (Å²) in [5.41, 5.74) is 6.35. The molecule has 0 radical (unpaired) electrons. The van der Waals surface area contributed by atoms with Crippen molar-refractivity contribution in [1.29, 1.82) is 5.53 Å². The molecule has 0 aromatic rings. The van der Waals surface area contributed by atoms with E-state index in [1.165, 1.54) is 0 Å². The van der Waals surface area contributed by atoms with Crippen LogP contribution in [-0.4, -0.2) is 17.1 Å². The smallest absolute Gasteiger partial charge is 0.306 e. The van der Waals surface area contributed by atoms with Gasteiger partial charge in [-0.3, -0.25) is 4.79 Å². The number of rotatable bonds is 2. The van der Waals surface area contributed by atoms with Gasteiger partial charge in [-0.2, -0.15) is 0 Å². The molecule has 0 atom stereocenters. The SMILES string of the molecule is N=[N+]=NC1CC(C(=O)O)C1. The van der Waals surface area contributed by atoms with E-state index in [4.69, 9.17) is 10.6 Å². The molecule has 0 aromatic carbocycles. The fourth-order valence-corrected chi connectivity index (χ4v) is 0.965. The Morgan fingerprint density at radius 2 is 2.30 bits per heavy atom. The number of nitrogens with one attached hydrogen (secondary N) is 1. The van der Waals surface area contributed by atoms with E-state index < -0.39 is 5.97 Å². The number of hydrogen-bond acceptors (Lipinski definition) is 3. The van der Waals surface area contributed by atoms with Crippen molar-refractivity contribution in [3.05, 3.63) is 0 Å². The Morgan fingerprint density at radius 3 is 2.70 bits per heavy atom. The molecule has 1 fully saturated rings. The average molecular weight is 142 g/mol. The summed E-state index contributed by atoms with van der Waals surface area (Å²) in [6.45, 7) is 0. The van der Waals surface area contributed by atoms with Gasteiger partial charge in [0.15, 0.2) is 0 Å². The van der Waals surface area contributed by atoms with Crippen molar-refractivity contribution < 1.29 is 9.90 Å². The summed E-state index contributed by atoms with van der Waals surface area (Å²) in [4.78, 5) is 13.0. The molecule has 5 heteroatoms. The Hall–Kier alpha value is -1.22. The highest BCUT2D eigenvalue weighted by Gasteiger charge is 2.37. The van der Waals surface area contributed by atoms with Gasteiger partial charge < -0.3 is 5.11 Å². The molecule has 1 rings (SSSR count). The Balaban J connectivity index is 2.30. The van der Waals surface area contributed by atoms with Crippen molar-refractivity contribution in [3.8, 4) is 0 Å². The van der Waals surface area contributed by atoms with Gasteiger partial charge >= 0.3 is 5.97 Å². The van der Waals surface area contributed by atoms with Crippen LogP contribution in [0.25, 0.3) is 0 Å². The van der Waals surface area contributed by atoms with Crippen molar-refractivity contribution in [2.75, 3.05) is 0 Å². The summed E-state index contributed by atoms with van der Waals surface area (Å²) < 4.78 is 0. The maximum absolute atomic E-state index is 10.2. The second-order valence-corrected chi connectivity index (χ2v) is 2.38. The topological polar surface area (TPSA) is 87.6 Å². The number of carboxylic acid groups (broad SMARTS) is 1. The molecule has 0 aromatic heterocycles. The maximum atomic E-state index is 10.2. The molecule has 0 amide bonds.